The highest BCUT2D eigenvalue weighted by Crippen LogP contribution is 2.38. The van der Waals surface area contributed by atoms with Gasteiger partial charge in [-0.25, -0.2) is 9.59 Å². The van der Waals surface area contributed by atoms with Gasteiger partial charge in [0.25, 0.3) is 0 Å². The zero-order chi connectivity index (χ0) is 25.5. The van der Waals surface area contributed by atoms with Crippen LogP contribution in [0.5, 0.6) is 0 Å². The number of carboxylic acid groups (broad SMARTS) is 1. The first-order chi connectivity index (χ1) is 15.6. The number of carbonyl (C=O) groups is 2. The Balaban J connectivity index is 2.00. The number of carboxylic acids is 1. The van der Waals surface area contributed by atoms with Gasteiger partial charge in [0.05, 0.1) is 11.2 Å². The number of aromatic carboxylic acids is 1. The fraction of sp³-hybridized carbons (Fsp3) is 0.458. The molecule has 1 aliphatic heterocycles. The van der Waals surface area contributed by atoms with Crippen LogP contribution in [0.15, 0.2) is 34.7 Å². The lowest BCUT2D eigenvalue weighted by Gasteiger charge is -2.32. The van der Waals surface area contributed by atoms with Crippen molar-refractivity contribution in [1.29, 1.82) is 0 Å². The number of benzene rings is 1. The summed E-state index contributed by atoms with van der Waals surface area (Å²) in [5.41, 5.74) is -1.03. The minimum atomic E-state index is -1.30. The number of hydrogen-bond donors (Lipinski definition) is 3. The lowest BCUT2D eigenvalue weighted by Crippen LogP contribution is -2.41. The first kappa shape index (κ1) is 25.5. The summed E-state index contributed by atoms with van der Waals surface area (Å²) in [4.78, 5) is 39.1. The standard InChI is InChI=1S/C24H31BN2O7/c1-22(2,3)32-21(31)27-12-15(25-33-23(4,5)24(6,7)34-25)10-14-8-9-18-16(11-14)19(28)17(13-26-18)20(29)30/h8-11,13H,12H2,1-7H3,(H,26,28)(H,27,31)(H,29,30). The van der Waals surface area contributed by atoms with Crippen molar-refractivity contribution >= 4 is 36.2 Å². The molecule has 10 heteroatoms. The second-order valence-corrected chi connectivity index (χ2v) is 10.3. The van der Waals surface area contributed by atoms with Crippen LogP contribution in [0.25, 0.3) is 17.0 Å². The van der Waals surface area contributed by atoms with E-state index in [1.165, 1.54) is 6.20 Å². The quantitative estimate of drug-likeness (QED) is 0.568. The third kappa shape index (κ3) is 5.51. The average Bonchev–Trinajstić information content (AvgIpc) is 2.91. The van der Waals surface area contributed by atoms with Gasteiger partial charge in [-0.3, -0.25) is 4.79 Å². The highest BCUT2D eigenvalue weighted by Gasteiger charge is 2.52. The smallest absolute Gasteiger partial charge is 0.477 e. The summed E-state index contributed by atoms with van der Waals surface area (Å²) in [6, 6.07) is 5.06. The Morgan fingerprint density at radius 1 is 1.18 bits per heavy atom. The van der Waals surface area contributed by atoms with Crippen molar-refractivity contribution in [1.82, 2.24) is 10.3 Å². The molecule has 1 aromatic carbocycles. The lowest BCUT2D eigenvalue weighted by atomic mass is 9.77. The topological polar surface area (TPSA) is 127 Å². The summed E-state index contributed by atoms with van der Waals surface area (Å²) in [7, 11) is -0.751. The lowest BCUT2D eigenvalue weighted by molar-refractivity contribution is 0.00578. The maximum Gasteiger partial charge on any atom is 0.492 e. The molecule has 2 heterocycles. The summed E-state index contributed by atoms with van der Waals surface area (Å²) in [6.45, 7) is 13.1. The van der Waals surface area contributed by atoms with E-state index in [4.69, 9.17) is 14.0 Å². The fourth-order valence-corrected chi connectivity index (χ4v) is 3.38. The first-order valence-corrected chi connectivity index (χ1v) is 11.0. The van der Waals surface area contributed by atoms with E-state index >= 15 is 0 Å². The van der Waals surface area contributed by atoms with Crippen LogP contribution in [0.3, 0.4) is 0 Å². The molecule has 0 spiro atoms. The Hall–Kier alpha value is -3.11. The van der Waals surface area contributed by atoms with Gasteiger partial charge in [-0.15, -0.1) is 0 Å². The van der Waals surface area contributed by atoms with Gasteiger partial charge in [0.1, 0.15) is 11.2 Å². The number of ether oxygens (including phenoxy) is 1. The normalized spacial score (nSPS) is 17.6. The molecule has 1 aliphatic rings. The van der Waals surface area contributed by atoms with Crippen molar-refractivity contribution in [3.8, 4) is 0 Å². The van der Waals surface area contributed by atoms with E-state index in [0.717, 1.165) is 0 Å². The second-order valence-electron chi connectivity index (χ2n) is 10.3. The molecule has 0 radical (unpaired) electrons. The van der Waals surface area contributed by atoms with Gasteiger partial charge in [-0.2, -0.15) is 0 Å². The molecule has 182 valence electrons. The van der Waals surface area contributed by atoms with Gasteiger partial charge < -0.3 is 29.5 Å². The van der Waals surface area contributed by atoms with Crippen LogP contribution in [0.1, 0.15) is 64.4 Å². The highest BCUT2D eigenvalue weighted by molar-refractivity contribution is 6.56. The van der Waals surface area contributed by atoms with E-state index in [9.17, 15) is 19.5 Å². The number of alkyl carbamates (subject to hydrolysis) is 1. The number of hydrogen-bond acceptors (Lipinski definition) is 6. The SMILES string of the molecule is CC(C)(C)OC(=O)NCC(=Cc1ccc2[nH]cc(C(=O)O)c(=O)c2c1)B1OC(C)(C)C(C)(C)O1. The Bertz CT molecular complexity index is 1190. The average molecular weight is 470 g/mol. The van der Waals surface area contributed by atoms with Crippen LogP contribution < -0.4 is 10.7 Å². The molecule has 2 aromatic rings. The number of nitrogens with one attached hydrogen (secondary N) is 2. The minimum absolute atomic E-state index is 0.0787. The van der Waals surface area contributed by atoms with Crippen molar-refractivity contribution < 1.29 is 28.7 Å². The number of H-pyrrole nitrogens is 1. The minimum Gasteiger partial charge on any atom is -0.477 e. The van der Waals surface area contributed by atoms with Gasteiger partial charge in [0, 0.05) is 23.6 Å². The molecule has 0 saturated carbocycles. The van der Waals surface area contributed by atoms with Gasteiger partial charge in [0.15, 0.2) is 0 Å². The van der Waals surface area contributed by atoms with E-state index in [1.54, 1.807) is 45.0 Å². The maximum atomic E-state index is 12.6. The summed E-state index contributed by atoms with van der Waals surface area (Å²) in [5.74, 6) is -1.30. The first-order valence-electron chi connectivity index (χ1n) is 11.0. The Kier molecular flexibility index (Phi) is 6.70. The van der Waals surface area contributed by atoms with Crippen LogP contribution in [0, 0.1) is 0 Å². The number of fused-ring (bicyclic) bond motifs is 1. The van der Waals surface area contributed by atoms with E-state index in [0.29, 0.717) is 16.6 Å². The van der Waals surface area contributed by atoms with Gasteiger partial charge >= 0.3 is 19.2 Å². The molecule has 1 saturated heterocycles. The summed E-state index contributed by atoms with van der Waals surface area (Å²) in [5, 5.41) is 12.2. The van der Waals surface area contributed by atoms with Crippen LogP contribution in [0.4, 0.5) is 4.79 Å². The molecule has 0 atom stereocenters. The van der Waals surface area contributed by atoms with Crippen LogP contribution in [-0.2, 0) is 14.0 Å². The summed E-state index contributed by atoms with van der Waals surface area (Å²) >= 11 is 0. The Morgan fingerprint density at radius 2 is 1.79 bits per heavy atom. The van der Waals surface area contributed by atoms with E-state index in [2.05, 4.69) is 10.3 Å². The molecular formula is C24H31BN2O7. The van der Waals surface area contributed by atoms with E-state index in [1.807, 2.05) is 27.7 Å². The predicted octanol–water partition coefficient (Wildman–Crippen LogP) is 3.77. The molecule has 3 rings (SSSR count). The number of aromatic amines is 1. The molecule has 0 bridgehead atoms. The molecule has 1 amide bonds. The Morgan fingerprint density at radius 3 is 2.35 bits per heavy atom. The number of carbonyl (C=O) groups excluding carboxylic acids is 1. The number of aromatic nitrogens is 1. The highest BCUT2D eigenvalue weighted by atomic mass is 16.7. The van der Waals surface area contributed by atoms with Crippen LogP contribution >= 0.6 is 0 Å². The molecule has 3 N–H and O–H groups in total. The van der Waals surface area contributed by atoms with Crippen molar-refractivity contribution in [2.75, 3.05) is 6.54 Å². The molecule has 34 heavy (non-hydrogen) atoms. The number of pyridine rings is 1. The van der Waals surface area contributed by atoms with Crippen molar-refractivity contribution in [2.24, 2.45) is 0 Å². The molecule has 9 nitrogen and oxygen atoms in total. The van der Waals surface area contributed by atoms with Gasteiger partial charge in [-0.05, 0) is 71.6 Å². The van der Waals surface area contributed by atoms with Crippen LogP contribution in [0.2, 0.25) is 0 Å². The second kappa shape index (κ2) is 8.92. The molecular weight excluding hydrogens is 439 g/mol. The molecule has 0 unspecified atom stereocenters. The third-order valence-corrected chi connectivity index (χ3v) is 5.88. The predicted molar refractivity (Wildman–Crippen MR) is 130 cm³/mol. The largest absolute Gasteiger partial charge is 0.492 e. The van der Waals surface area contributed by atoms with Crippen molar-refractivity contribution in [3.63, 3.8) is 0 Å². The van der Waals surface area contributed by atoms with Crippen molar-refractivity contribution in [3.05, 3.63) is 51.2 Å². The zero-order valence-corrected chi connectivity index (χ0v) is 20.6. The molecule has 1 aromatic heterocycles. The van der Waals surface area contributed by atoms with Crippen molar-refractivity contribution in [2.45, 2.75) is 65.3 Å². The maximum absolute atomic E-state index is 12.6. The van der Waals surface area contributed by atoms with Gasteiger partial charge in [-0.1, -0.05) is 12.1 Å². The monoisotopic (exact) mass is 470 g/mol. The van der Waals surface area contributed by atoms with E-state index in [-0.39, 0.29) is 17.5 Å². The zero-order valence-electron chi connectivity index (χ0n) is 20.6. The number of amides is 1. The molecule has 1 fully saturated rings. The fourth-order valence-electron chi connectivity index (χ4n) is 3.38. The summed E-state index contributed by atoms with van der Waals surface area (Å²) in [6.07, 6.45) is 2.35. The van der Waals surface area contributed by atoms with Gasteiger partial charge in [0.2, 0.25) is 5.43 Å². The molecule has 0 aliphatic carbocycles. The third-order valence-electron chi connectivity index (χ3n) is 5.88. The van der Waals surface area contributed by atoms with Crippen LogP contribution in [-0.4, -0.2) is 52.6 Å². The summed E-state index contributed by atoms with van der Waals surface area (Å²) < 4.78 is 17.7. The van der Waals surface area contributed by atoms with E-state index < -0.39 is 41.4 Å². The Labute approximate surface area is 198 Å². The number of rotatable bonds is 5.